The van der Waals surface area contributed by atoms with Crippen LogP contribution in [0.5, 0.6) is 0 Å². The van der Waals surface area contributed by atoms with Gasteiger partial charge in [0, 0.05) is 23.8 Å². The zero-order chi connectivity index (χ0) is 19.0. The van der Waals surface area contributed by atoms with Gasteiger partial charge in [0.1, 0.15) is 10.8 Å². The summed E-state index contributed by atoms with van der Waals surface area (Å²) in [5.41, 5.74) is 1.31. The summed E-state index contributed by atoms with van der Waals surface area (Å²) in [5.74, 6) is -0.751. The van der Waals surface area contributed by atoms with E-state index in [0.717, 1.165) is 5.69 Å². The molecule has 3 rings (SSSR count). The van der Waals surface area contributed by atoms with Gasteiger partial charge in [-0.25, -0.2) is 4.39 Å². The van der Waals surface area contributed by atoms with Gasteiger partial charge in [-0.1, -0.05) is 29.3 Å². The highest BCUT2D eigenvalue weighted by atomic mass is 79.9. The number of amides is 1. The lowest BCUT2D eigenvalue weighted by molar-refractivity contribution is 0.102. The maximum absolute atomic E-state index is 13.9. The van der Waals surface area contributed by atoms with E-state index >= 15 is 0 Å². The fourth-order valence-electron chi connectivity index (χ4n) is 2.30. The molecule has 26 heavy (non-hydrogen) atoms. The van der Waals surface area contributed by atoms with Crippen molar-refractivity contribution in [1.82, 2.24) is 19.6 Å². The molecule has 0 aliphatic heterocycles. The lowest BCUT2D eigenvalue weighted by atomic mass is 10.2. The first-order valence-corrected chi connectivity index (χ1v) is 8.99. The Kier molecular flexibility index (Phi) is 5.36. The number of aromatic nitrogens is 4. The largest absolute Gasteiger partial charge is 0.302 e. The first-order valence-electron chi connectivity index (χ1n) is 7.44. The summed E-state index contributed by atoms with van der Waals surface area (Å²) < 4.78 is 17.5. The Hall–Kier alpha value is -1.90. The predicted molar refractivity (Wildman–Crippen MR) is 101 cm³/mol. The van der Waals surface area contributed by atoms with E-state index in [-0.39, 0.29) is 33.7 Å². The number of benzene rings is 1. The molecule has 0 bridgehead atoms. The van der Waals surface area contributed by atoms with Gasteiger partial charge < -0.3 is 5.32 Å². The van der Waals surface area contributed by atoms with Crippen molar-refractivity contribution < 1.29 is 9.18 Å². The standard InChI is InChI=1S/C16H13BrCl2FN5O/c1-8-13(17)14(22-24(8)2)16(26)21-15-11(19)7-25(23-15)6-9-10(18)4-3-5-12(9)20/h3-5,7H,6H2,1-2H3,(H,21,23,26). The van der Waals surface area contributed by atoms with Crippen molar-refractivity contribution in [3.05, 3.63) is 61.7 Å². The third kappa shape index (κ3) is 3.62. The molecule has 0 fully saturated rings. The van der Waals surface area contributed by atoms with Crippen molar-refractivity contribution in [1.29, 1.82) is 0 Å². The molecule has 1 N–H and O–H groups in total. The second kappa shape index (κ2) is 7.38. The van der Waals surface area contributed by atoms with E-state index < -0.39 is 11.7 Å². The van der Waals surface area contributed by atoms with E-state index in [1.165, 1.54) is 23.0 Å². The molecule has 1 aromatic carbocycles. The average Bonchev–Trinajstić information content (AvgIpc) is 3.05. The number of rotatable bonds is 4. The molecular weight excluding hydrogens is 448 g/mol. The minimum absolute atomic E-state index is 0.0769. The first-order chi connectivity index (χ1) is 12.3. The van der Waals surface area contributed by atoms with Gasteiger partial charge in [-0.05, 0) is 35.0 Å². The molecular formula is C16H13BrCl2FN5O. The molecule has 0 radical (unpaired) electrons. The number of aryl methyl sites for hydroxylation is 1. The molecule has 0 aliphatic rings. The summed E-state index contributed by atoms with van der Waals surface area (Å²) >= 11 is 15.5. The SMILES string of the molecule is Cc1c(Br)c(C(=O)Nc2nn(Cc3c(F)cccc3Cl)cc2Cl)nn1C. The topological polar surface area (TPSA) is 64.7 Å². The Bertz CT molecular complexity index is 981. The minimum Gasteiger partial charge on any atom is -0.302 e. The Morgan fingerprint density at radius 3 is 2.65 bits per heavy atom. The van der Waals surface area contributed by atoms with Crippen LogP contribution < -0.4 is 5.32 Å². The lowest BCUT2D eigenvalue weighted by Crippen LogP contribution is -2.15. The molecule has 0 atom stereocenters. The van der Waals surface area contributed by atoms with Gasteiger partial charge in [0.05, 0.1) is 16.7 Å². The summed E-state index contributed by atoms with van der Waals surface area (Å²) in [4.78, 5) is 12.4. The molecule has 1 amide bonds. The lowest BCUT2D eigenvalue weighted by Gasteiger charge is -2.06. The van der Waals surface area contributed by atoms with E-state index in [0.29, 0.717) is 4.47 Å². The van der Waals surface area contributed by atoms with Crippen molar-refractivity contribution in [3.8, 4) is 0 Å². The zero-order valence-electron chi connectivity index (χ0n) is 13.7. The van der Waals surface area contributed by atoms with Gasteiger partial charge >= 0.3 is 0 Å². The molecule has 2 heterocycles. The van der Waals surface area contributed by atoms with Crippen LogP contribution in [0.2, 0.25) is 10.0 Å². The van der Waals surface area contributed by atoms with Gasteiger partial charge in [-0.2, -0.15) is 10.2 Å². The van der Waals surface area contributed by atoms with Crippen LogP contribution in [0, 0.1) is 12.7 Å². The molecule has 136 valence electrons. The second-order valence-corrected chi connectivity index (χ2v) is 7.16. The minimum atomic E-state index is -0.461. The van der Waals surface area contributed by atoms with Crippen LogP contribution in [-0.2, 0) is 13.6 Å². The number of anilines is 1. The molecule has 6 nitrogen and oxygen atoms in total. The van der Waals surface area contributed by atoms with E-state index in [2.05, 4.69) is 31.4 Å². The summed E-state index contributed by atoms with van der Waals surface area (Å²) in [6, 6.07) is 4.43. The smallest absolute Gasteiger partial charge is 0.278 e. The Morgan fingerprint density at radius 1 is 1.31 bits per heavy atom. The van der Waals surface area contributed by atoms with Crippen molar-refractivity contribution in [2.24, 2.45) is 7.05 Å². The van der Waals surface area contributed by atoms with Crippen molar-refractivity contribution in [3.63, 3.8) is 0 Å². The maximum Gasteiger partial charge on any atom is 0.278 e. The van der Waals surface area contributed by atoms with Gasteiger partial charge in [0.15, 0.2) is 11.5 Å². The van der Waals surface area contributed by atoms with Crippen LogP contribution in [0.25, 0.3) is 0 Å². The third-order valence-electron chi connectivity index (χ3n) is 3.81. The van der Waals surface area contributed by atoms with E-state index in [4.69, 9.17) is 23.2 Å². The summed E-state index contributed by atoms with van der Waals surface area (Å²) in [7, 11) is 1.73. The molecule has 0 saturated heterocycles. The van der Waals surface area contributed by atoms with Gasteiger partial charge in [-0.3, -0.25) is 14.2 Å². The quantitative estimate of drug-likeness (QED) is 0.626. The van der Waals surface area contributed by atoms with Crippen molar-refractivity contribution >= 4 is 50.9 Å². The number of nitrogens with zero attached hydrogens (tertiary/aromatic N) is 4. The van der Waals surface area contributed by atoms with Crippen molar-refractivity contribution in [2.45, 2.75) is 13.5 Å². The monoisotopic (exact) mass is 459 g/mol. The van der Waals surface area contributed by atoms with Gasteiger partial charge in [-0.15, -0.1) is 0 Å². The highest BCUT2D eigenvalue weighted by Gasteiger charge is 2.20. The van der Waals surface area contributed by atoms with Crippen LogP contribution >= 0.6 is 39.1 Å². The number of carbonyl (C=O) groups excluding carboxylic acids is 1. The Labute approximate surface area is 167 Å². The molecule has 0 aliphatic carbocycles. The first kappa shape index (κ1) is 18.9. The van der Waals surface area contributed by atoms with Crippen LogP contribution in [0.1, 0.15) is 21.7 Å². The number of nitrogens with one attached hydrogen (secondary N) is 1. The predicted octanol–water partition coefficient (Wildman–Crippen LogP) is 4.43. The number of carbonyl (C=O) groups is 1. The number of halogens is 4. The summed E-state index contributed by atoms with van der Waals surface area (Å²) in [5, 5.41) is 11.4. The van der Waals surface area contributed by atoms with Crippen LogP contribution in [0.3, 0.4) is 0 Å². The van der Waals surface area contributed by atoms with Gasteiger partial charge in [0.2, 0.25) is 0 Å². The number of hydrogen-bond donors (Lipinski definition) is 1. The highest BCUT2D eigenvalue weighted by molar-refractivity contribution is 9.10. The summed E-state index contributed by atoms with van der Waals surface area (Å²) in [6.07, 6.45) is 1.48. The van der Waals surface area contributed by atoms with E-state index in [9.17, 15) is 9.18 Å². The van der Waals surface area contributed by atoms with Crippen molar-refractivity contribution in [2.75, 3.05) is 5.32 Å². The fraction of sp³-hybridized carbons (Fsp3) is 0.188. The molecule has 3 aromatic rings. The average molecular weight is 461 g/mol. The maximum atomic E-state index is 13.9. The zero-order valence-corrected chi connectivity index (χ0v) is 16.8. The Morgan fingerprint density at radius 2 is 2.04 bits per heavy atom. The van der Waals surface area contributed by atoms with E-state index in [1.54, 1.807) is 17.8 Å². The molecule has 0 saturated carbocycles. The second-order valence-electron chi connectivity index (χ2n) is 5.55. The highest BCUT2D eigenvalue weighted by Crippen LogP contribution is 2.25. The van der Waals surface area contributed by atoms with Crippen LogP contribution in [-0.4, -0.2) is 25.5 Å². The Balaban J connectivity index is 1.82. The molecule has 10 heteroatoms. The third-order valence-corrected chi connectivity index (χ3v) is 5.39. The fourth-order valence-corrected chi connectivity index (χ4v) is 3.24. The normalized spacial score (nSPS) is 11.0. The molecule has 0 spiro atoms. The number of hydrogen-bond acceptors (Lipinski definition) is 3. The van der Waals surface area contributed by atoms with E-state index in [1.807, 2.05) is 6.92 Å². The van der Waals surface area contributed by atoms with Gasteiger partial charge in [0.25, 0.3) is 5.91 Å². The molecule has 0 unspecified atom stereocenters. The van der Waals surface area contributed by atoms with Crippen LogP contribution in [0.4, 0.5) is 10.2 Å². The van der Waals surface area contributed by atoms with Crippen LogP contribution in [0.15, 0.2) is 28.9 Å². The summed E-state index contributed by atoms with van der Waals surface area (Å²) in [6.45, 7) is 1.90. The molecule has 2 aromatic heterocycles.